The summed E-state index contributed by atoms with van der Waals surface area (Å²) in [6.07, 6.45) is 10.3. The minimum Gasteiger partial charge on any atom is -0.393 e. The Morgan fingerprint density at radius 2 is 1.68 bits per heavy atom. The highest BCUT2D eigenvalue weighted by Gasteiger charge is 2.64. The van der Waals surface area contributed by atoms with E-state index in [4.69, 9.17) is 0 Å². The fourth-order valence-electron chi connectivity index (χ4n) is 9.25. The van der Waals surface area contributed by atoms with E-state index < -0.39 is 0 Å². The largest absolute Gasteiger partial charge is 0.393 e. The zero-order chi connectivity index (χ0) is 20.3. The van der Waals surface area contributed by atoms with Crippen LogP contribution in [0, 0.1) is 52.3 Å². The molecule has 0 aromatic carbocycles. The summed E-state index contributed by atoms with van der Waals surface area (Å²) in [6, 6.07) is 0. The quantitative estimate of drug-likeness (QED) is 0.676. The Balaban J connectivity index is 1.67. The monoisotopic (exact) mass is 390 g/mol. The molecule has 4 fully saturated rings. The molecule has 0 spiro atoms. The van der Waals surface area contributed by atoms with Crippen molar-refractivity contribution in [1.82, 2.24) is 0 Å². The summed E-state index contributed by atoms with van der Waals surface area (Å²) in [6.45, 7) is 9.49. The summed E-state index contributed by atoms with van der Waals surface area (Å²) >= 11 is 0. The van der Waals surface area contributed by atoms with Gasteiger partial charge in [-0.1, -0.05) is 34.1 Å². The van der Waals surface area contributed by atoms with E-state index in [1.165, 1.54) is 25.7 Å². The fraction of sp³-hybridized carbons (Fsp3) is 0.960. The lowest BCUT2D eigenvalue weighted by Crippen LogP contribution is -2.62. The molecule has 0 radical (unpaired) electrons. The minimum atomic E-state index is -0.219. The van der Waals surface area contributed by atoms with Gasteiger partial charge in [-0.15, -0.1) is 0 Å². The van der Waals surface area contributed by atoms with Crippen molar-refractivity contribution in [3.05, 3.63) is 0 Å². The molecule has 0 aromatic heterocycles. The van der Waals surface area contributed by atoms with Gasteiger partial charge in [0.05, 0.1) is 12.2 Å². The zero-order valence-corrected chi connectivity index (χ0v) is 18.4. The highest BCUT2D eigenvalue weighted by atomic mass is 16.3. The lowest BCUT2D eigenvalue weighted by atomic mass is 9.41. The number of carbonyl (C=O) groups excluding carboxylic acids is 1. The molecule has 2 N–H and O–H groups in total. The van der Waals surface area contributed by atoms with Gasteiger partial charge < -0.3 is 15.0 Å². The molecule has 0 aromatic rings. The van der Waals surface area contributed by atoms with E-state index in [2.05, 4.69) is 27.7 Å². The number of aldehydes is 1. The van der Waals surface area contributed by atoms with E-state index in [1.54, 1.807) is 0 Å². The zero-order valence-electron chi connectivity index (χ0n) is 18.4. The Morgan fingerprint density at radius 1 is 1.00 bits per heavy atom. The maximum atomic E-state index is 11.7. The third kappa shape index (κ3) is 2.86. The van der Waals surface area contributed by atoms with E-state index in [1.807, 2.05) is 0 Å². The molecule has 0 heterocycles. The first-order valence-electron chi connectivity index (χ1n) is 12.1. The van der Waals surface area contributed by atoms with Gasteiger partial charge in [0, 0.05) is 6.42 Å². The van der Waals surface area contributed by atoms with Crippen molar-refractivity contribution in [2.24, 2.45) is 52.3 Å². The summed E-state index contributed by atoms with van der Waals surface area (Å²) in [7, 11) is 0. The van der Waals surface area contributed by atoms with Crippen molar-refractivity contribution in [2.45, 2.75) is 97.7 Å². The lowest BCUT2D eigenvalue weighted by molar-refractivity contribution is -0.203. The molecule has 3 nitrogen and oxygen atoms in total. The number of fused-ring (bicyclic) bond motifs is 5. The van der Waals surface area contributed by atoms with Crippen LogP contribution in [-0.4, -0.2) is 28.7 Å². The summed E-state index contributed by atoms with van der Waals surface area (Å²) in [5.41, 5.74) is 0.553. The second-order valence-electron chi connectivity index (χ2n) is 11.5. The molecular weight excluding hydrogens is 348 g/mol. The standard InChI is InChI=1S/C25H42O3/c1-5-17-21-14-16(27)8-11-25(21,4)20-9-12-24(3)18(15(2)10-13-26)6-7-19(24)22(20)23(17)28/h13,15-23,27-28H,5-12,14H2,1-4H3/t15-,16-,17-,18-,19+,20+,21+,22+,23-,24-,25-/m1/s1. The number of carbonyl (C=O) groups is 1. The predicted octanol–water partition coefficient (Wildman–Crippen LogP) is 4.84. The van der Waals surface area contributed by atoms with Crippen molar-refractivity contribution in [1.29, 1.82) is 0 Å². The van der Waals surface area contributed by atoms with Crippen LogP contribution >= 0.6 is 0 Å². The van der Waals surface area contributed by atoms with Gasteiger partial charge in [0.1, 0.15) is 6.29 Å². The van der Waals surface area contributed by atoms with Crippen LogP contribution in [-0.2, 0) is 4.79 Å². The minimum absolute atomic E-state index is 0.176. The van der Waals surface area contributed by atoms with Gasteiger partial charge in [0.2, 0.25) is 0 Å². The maximum absolute atomic E-state index is 11.7. The third-order valence-electron chi connectivity index (χ3n) is 10.6. The summed E-state index contributed by atoms with van der Waals surface area (Å²) in [4.78, 5) is 11.2. The molecule has 0 aliphatic heterocycles. The third-order valence-corrected chi connectivity index (χ3v) is 10.6. The number of hydrogen-bond donors (Lipinski definition) is 2. The fourth-order valence-corrected chi connectivity index (χ4v) is 9.25. The van der Waals surface area contributed by atoms with Gasteiger partial charge in [0.15, 0.2) is 0 Å². The van der Waals surface area contributed by atoms with E-state index in [0.717, 1.165) is 32.0 Å². The molecule has 0 bridgehead atoms. The number of rotatable bonds is 4. The van der Waals surface area contributed by atoms with E-state index in [9.17, 15) is 15.0 Å². The molecule has 3 heteroatoms. The van der Waals surface area contributed by atoms with Crippen LogP contribution in [0.25, 0.3) is 0 Å². The molecule has 4 rings (SSSR count). The summed E-state index contributed by atoms with van der Waals surface area (Å²) < 4.78 is 0. The molecule has 4 aliphatic rings. The Hall–Kier alpha value is -0.410. The van der Waals surface area contributed by atoms with Gasteiger partial charge in [-0.25, -0.2) is 0 Å². The van der Waals surface area contributed by atoms with Gasteiger partial charge in [0.25, 0.3) is 0 Å². The Bertz CT molecular complexity index is 590. The topological polar surface area (TPSA) is 57.5 Å². The molecular formula is C25H42O3. The van der Waals surface area contributed by atoms with Gasteiger partial charge in [-0.3, -0.25) is 0 Å². The highest BCUT2D eigenvalue weighted by molar-refractivity contribution is 5.49. The number of aliphatic hydroxyl groups is 2. The van der Waals surface area contributed by atoms with E-state index in [-0.39, 0.29) is 23.0 Å². The lowest BCUT2D eigenvalue weighted by Gasteiger charge is -2.64. The first kappa shape index (κ1) is 20.8. The van der Waals surface area contributed by atoms with Crippen LogP contribution in [0.4, 0.5) is 0 Å². The molecule has 160 valence electrons. The van der Waals surface area contributed by atoms with Crippen molar-refractivity contribution >= 4 is 6.29 Å². The van der Waals surface area contributed by atoms with Crippen LogP contribution in [0.1, 0.15) is 85.5 Å². The SMILES string of the molecule is CC[C@H]1[C@@H](O)[C@@H]2[C@H](CC[C@]3(C)[C@@H]([C@H](C)CC=O)CC[C@@H]23)[C@@]2(C)CC[C@@H](O)C[C@@H]12. The molecule has 4 saturated carbocycles. The van der Waals surface area contributed by atoms with E-state index in [0.29, 0.717) is 47.8 Å². The molecule has 28 heavy (non-hydrogen) atoms. The highest BCUT2D eigenvalue weighted by Crippen LogP contribution is 2.69. The molecule has 0 amide bonds. The van der Waals surface area contributed by atoms with Crippen molar-refractivity contribution < 1.29 is 15.0 Å². The van der Waals surface area contributed by atoms with Crippen LogP contribution in [0.15, 0.2) is 0 Å². The van der Waals surface area contributed by atoms with Crippen molar-refractivity contribution in [2.75, 3.05) is 0 Å². The van der Waals surface area contributed by atoms with Crippen LogP contribution in [0.2, 0.25) is 0 Å². The smallest absolute Gasteiger partial charge is 0.120 e. The number of hydrogen-bond acceptors (Lipinski definition) is 3. The number of aliphatic hydroxyl groups excluding tert-OH is 2. The van der Waals surface area contributed by atoms with Gasteiger partial charge in [-0.05, 0) is 97.2 Å². The van der Waals surface area contributed by atoms with Crippen LogP contribution in [0.5, 0.6) is 0 Å². The predicted molar refractivity (Wildman–Crippen MR) is 112 cm³/mol. The summed E-state index contributed by atoms with van der Waals surface area (Å²) in [5, 5.41) is 22.0. The Kier molecular flexibility index (Phi) is 5.49. The second kappa shape index (κ2) is 7.38. The molecule has 0 saturated heterocycles. The van der Waals surface area contributed by atoms with Crippen molar-refractivity contribution in [3.8, 4) is 0 Å². The average Bonchev–Trinajstić information content (AvgIpc) is 3.01. The van der Waals surface area contributed by atoms with Crippen LogP contribution < -0.4 is 0 Å². The first-order valence-corrected chi connectivity index (χ1v) is 12.1. The normalized spacial score (nSPS) is 54.4. The molecule has 11 atom stereocenters. The first-order chi connectivity index (χ1) is 13.3. The summed E-state index contributed by atoms with van der Waals surface area (Å²) in [5.74, 6) is 3.48. The van der Waals surface area contributed by atoms with Crippen LogP contribution in [0.3, 0.4) is 0 Å². The Morgan fingerprint density at radius 3 is 2.36 bits per heavy atom. The average molecular weight is 391 g/mol. The van der Waals surface area contributed by atoms with Gasteiger partial charge >= 0.3 is 0 Å². The molecule has 4 aliphatic carbocycles. The Labute approximate surface area is 171 Å². The molecule has 0 unspecified atom stereocenters. The maximum Gasteiger partial charge on any atom is 0.120 e. The van der Waals surface area contributed by atoms with Crippen molar-refractivity contribution in [3.63, 3.8) is 0 Å². The second-order valence-corrected chi connectivity index (χ2v) is 11.5. The van der Waals surface area contributed by atoms with E-state index >= 15 is 0 Å². The van der Waals surface area contributed by atoms with Gasteiger partial charge in [-0.2, -0.15) is 0 Å².